The maximum Gasteiger partial charge on any atom is 0.433 e. The lowest BCUT2D eigenvalue weighted by molar-refractivity contribution is -0.141. The molecule has 0 atom stereocenters. The van der Waals surface area contributed by atoms with Gasteiger partial charge >= 0.3 is 12.1 Å². The lowest BCUT2D eigenvalue weighted by atomic mass is 10.0. The molecule has 0 saturated heterocycles. The van der Waals surface area contributed by atoms with Gasteiger partial charge in [-0.25, -0.2) is 9.78 Å². The molecule has 0 aliphatic heterocycles. The van der Waals surface area contributed by atoms with Crippen LogP contribution in [0.1, 0.15) is 41.2 Å². The summed E-state index contributed by atoms with van der Waals surface area (Å²) in [7, 11) is 0. The summed E-state index contributed by atoms with van der Waals surface area (Å²) in [6.45, 7) is 3.19. The highest BCUT2D eigenvalue weighted by Gasteiger charge is 2.34. The molecular weight excluding hydrogens is 235 g/mol. The number of pyridine rings is 1. The van der Waals surface area contributed by atoms with Gasteiger partial charge in [0.1, 0.15) is 5.69 Å². The molecule has 0 aliphatic rings. The molecule has 0 saturated carbocycles. The molecule has 1 aromatic rings. The molecule has 1 heterocycles. The quantitative estimate of drug-likeness (QED) is 0.893. The standard InChI is InChI=1S/C11H12F3NO2/c1-3-6-5-8(11(12,13)14)15-7(4-2)9(6)10(16)17/h5H,3-4H2,1-2H3,(H,16,17). The van der Waals surface area contributed by atoms with Gasteiger partial charge in [-0.05, 0) is 24.5 Å². The van der Waals surface area contributed by atoms with Gasteiger partial charge in [-0.3, -0.25) is 0 Å². The number of hydrogen-bond donors (Lipinski definition) is 1. The zero-order valence-corrected chi connectivity index (χ0v) is 9.43. The normalized spacial score (nSPS) is 11.6. The number of aryl methyl sites for hydroxylation is 2. The molecule has 6 heteroatoms. The Kier molecular flexibility index (Phi) is 3.75. The zero-order chi connectivity index (χ0) is 13.2. The van der Waals surface area contributed by atoms with Gasteiger partial charge in [-0.15, -0.1) is 0 Å². The van der Waals surface area contributed by atoms with Crippen molar-refractivity contribution in [1.82, 2.24) is 4.98 Å². The largest absolute Gasteiger partial charge is 0.478 e. The fourth-order valence-electron chi connectivity index (χ4n) is 1.60. The van der Waals surface area contributed by atoms with Gasteiger partial charge in [0.05, 0.1) is 11.3 Å². The van der Waals surface area contributed by atoms with E-state index in [2.05, 4.69) is 4.98 Å². The van der Waals surface area contributed by atoms with E-state index in [-0.39, 0.29) is 29.7 Å². The second kappa shape index (κ2) is 4.73. The van der Waals surface area contributed by atoms with E-state index in [0.717, 1.165) is 6.07 Å². The molecule has 0 unspecified atom stereocenters. The van der Waals surface area contributed by atoms with E-state index in [1.807, 2.05) is 0 Å². The monoisotopic (exact) mass is 247 g/mol. The van der Waals surface area contributed by atoms with Crippen LogP contribution >= 0.6 is 0 Å². The molecule has 0 fully saturated rings. The van der Waals surface area contributed by atoms with E-state index in [4.69, 9.17) is 5.11 Å². The molecule has 0 bridgehead atoms. The number of carboxylic acid groups (broad SMARTS) is 1. The molecule has 0 spiro atoms. The van der Waals surface area contributed by atoms with Gasteiger partial charge in [0.15, 0.2) is 0 Å². The minimum atomic E-state index is -4.55. The first kappa shape index (κ1) is 13.5. The Morgan fingerprint density at radius 3 is 2.29 bits per heavy atom. The second-order valence-corrected chi connectivity index (χ2v) is 3.50. The van der Waals surface area contributed by atoms with Gasteiger partial charge in [-0.1, -0.05) is 13.8 Å². The SMILES string of the molecule is CCc1cc(C(F)(F)F)nc(CC)c1C(=O)O. The number of carbonyl (C=O) groups is 1. The molecule has 0 aliphatic carbocycles. The molecule has 0 amide bonds. The van der Waals surface area contributed by atoms with E-state index >= 15 is 0 Å². The van der Waals surface area contributed by atoms with Crippen LogP contribution in [0.3, 0.4) is 0 Å². The molecule has 94 valence electrons. The summed E-state index contributed by atoms with van der Waals surface area (Å²) < 4.78 is 37.6. The molecular formula is C11H12F3NO2. The van der Waals surface area contributed by atoms with Crippen molar-refractivity contribution in [2.75, 3.05) is 0 Å². The maximum atomic E-state index is 12.5. The molecule has 1 N–H and O–H groups in total. The molecule has 17 heavy (non-hydrogen) atoms. The van der Waals surface area contributed by atoms with Crippen LogP contribution in [-0.2, 0) is 19.0 Å². The Balaban J connectivity index is 3.50. The van der Waals surface area contributed by atoms with Gasteiger partial charge < -0.3 is 5.11 Å². The van der Waals surface area contributed by atoms with Crippen LogP contribution in [0.15, 0.2) is 6.07 Å². The first-order valence-electron chi connectivity index (χ1n) is 5.14. The predicted octanol–water partition coefficient (Wildman–Crippen LogP) is 2.92. The lowest BCUT2D eigenvalue weighted by Gasteiger charge is -2.13. The van der Waals surface area contributed by atoms with Crippen LogP contribution in [0, 0.1) is 0 Å². The average molecular weight is 247 g/mol. The third-order valence-electron chi connectivity index (χ3n) is 2.40. The Morgan fingerprint density at radius 1 is 1.35 bits per heavy atom. The maximum absolute atomic E-state index is 12.5. The Morgan fingerprint density at radius 2 is 1.94 bits per heavy atom. The molecule has 0 radical (unpaired) electrons. The van der Waals surface area contributed by atoms with E-state index in [0.29, 0.717) is 0 Å². The number of aromatic nitrogens is 1. The van der Waals surface area contributed by atoms with Crippen LogP contribution < -0.4 is 0 Å². The summed E-state index contributed by atoms with van der Waals surface area (Å²) >= 11 is 0. The first-order chi connectivity index (χ1) is 7.81. The number of alkyl halides is 3. The van der Waals surface area contributed by atoms with Crippen LogP contribution in [0.4, 0.5) is 13.2 Å². The summed E-state index contributed by atoms with van der Waals surface area (Å²) in [6.07, 6.45) is -4.18. The number of halogens is 3. The van der Waals surface area contributed by atoms with Crippen molar-refractivity contribution < 1.29 is 23.1 Å². The van der Waals surface area contributed by atoms with Crippen LogP contribution in [0.2, 0.25) is 0 Å². The smallest absolute Gasteiger partial charge is 0.433 e. The van der Waals surface area contributed by atoms with E-state index in [9.17, 15) is 18.0 Å². The van der Waals surface area contributed by atoms with Gasteiger partial charge in [0.2, 0.25) is 0 Å². The minimum absolute atomic E-state index is 0.0239. The number of rotatable bonds is 3. The number of aromatic carboxylic acids is 1. The van der Waals surface area contributed by atoms with Gasteiger partial charge in [0, 0.05) is 0 Å². The zero-order valence-electron chi connectivity index (χ0n) is 9.43. The van der Waals surface area contributed by atoms with Gasteiger partial charge in [-0.2, -0.15) is 13.2 Å². The van der Waals surface area contributed by atoms with E-state index in [1.165, 1.54) is 0 Å². The summed E-state index contributed by atoms with van der Waals surface area (Å²) in [5, 5.41) is 8.98. The van der Waals surface area contributed by atoms with E-state index in [1.54, 1.807) is 13.8 Å². The molecule has 1 rings (SSSR count). The van der Waals surface area contributed by atoms with Crippen LogP contribution in [0.25, 0.3) is 0 Å². The van der Waals surface area contributed by atoms with Crippen molar-refractivity contribution in [2.45, 2.75) is 32.9 Å². The topological polar surface area (TPSA) is 50.2 Å². The fraction of sp³-hybridized carbons (Fsp3) is 0.455. The lowest BCUT2D eigenvalue weighted by Crippen LogP contribution is -2.15. The molecule has 0 aromatic carbocycles. The Labute approximate surface area is 96.3 Å². The first-order valence-corrected chi connectivity index (χ1v) is 5.14. The van der Waals surface area contributed by atoms with Crippen molar-refractivity contribution in [3.05, 3.63) is 28.6 Å². The predicted molar refractivity (Wildman–Crippen MR) is 55.0 cm³/mol. The number of nitrogens with zero attached hydrogens (tertiary/aromatic N) is 1. The highest BCUT2D eigenvalue weighted by Crippen LogP contribution is 2.30. The summed E-state index contributed by atoms with van der Waals surface area (Å²) in [5.74, 6) is -1.24. The highest BCUT2D eigenvalue weighted by molar-refractivity contribution is 5.90. The average Bonchev–Trinajstić information content (AvgIpc) is 2.25. The summed E-state index contributed by atoms with van der Waals surface area (Å²) in [5.41, 5.74) is -1.000. The fourth-order valence-corrected chi connectivity index (χ4v) is 1.60. The van der Waals surface area contributed by atoms with Gasteiger partial charge in [0.25, 0.3) is 0 Å². The minimum Gasteiger partial charge on any atom is -0.478 e. The van der Waals surface area contributed by atoms with Crippen LogP contribution in [0.5, 0.6) is 0 Å². The van der Waals surface area contributed by atoms with Crippen molar-refractivity contribution >= 4 is 5.97 Å². The summed E-state index contributed by atoms with van der Waals surface area (Å²) in [6, 6.07) is 0.808. The molecule has 3 nitrogen and oxygen atoms in total. The third kappa shape index (κ3) is 2.75. The highest BCUT2D eigenvalue weighted by atomic mass is 19.4. The van der Waals surface area contributed by atoms with Crippen molar-refractivity contribution in [1.29, 1.82) is 0 Å². The van der Waals surface area contributed by atoms with Crippen LogP contribution in [-0.4, -0.2) is 16.1 Å². The van der Waals surface area contributed by atoms with E-state index < -0.39 is 17.8 Å². The third-order valence-corrected chi connectivity index (χ3v) is 2.40. The van der Waals surface area contributed by atoms with Crippen molar-refractivity contribution in [3.8, 4) is 0 Å². The Bertz CT molecular complexity index is 416. The summed E-state index contributed by atoms with van der Waals surface area (Å²) in [4.78, 5) is 14.4. The van der Waals surface area contributed by atoms with Crippen molar-refractivity contribution in [3.63, 3.8) is 0 Å². The van der Waals surface area contributed by atoms with Crippen molar-refractivity contribution in [2.24, 2.45) is 0 Å². The number of hydrogen-bond acceptors (Lipinski definition) is 2. The second-order valence-electron chi connectivity index (χ2n) is 3.50. The molecule has 1 aromatic heterocycles. The Hall–Kier alpha value is -1.59. The number of carboxylic acids is 1.